The fourth-order valence-corrected chi connectivity index (χ4v) is 3.46. The van der Waals surface area contributed by atoms with E-state index in [9.17, 15) is 0 Å². The highest BCUT2D eigenvalue weighted by molar-refractivity contribution is 14.0. The van der Waals surface area contributed by atoms with Crippen molar-refractivity contribution in [2.45, 2.75) is 20.4 Å². The van der Waals surface area contributed by atoms with Crippen molar-refractivity contribution in [3.8, 4) is 5.75 Å². The third kappa shape index (κ3) is 6.53. The topological polar surface area (TPSA) is 67.0 Å². The molecule has 3 rings (SSSR count). The van der Waals surface area contributed by atoms with Crippen LogP contribution < -0.4 is 15.4 Å². The molecule has 1 aliphatic heterocycles. The standard InChI is InChI=1S/C19H27N5OS.HI/c1-15(2)14-25-17-5-3-4-16(12-17)13-22-18(20)23-7-9-24(10-8-23)19-21-6-11-26-19;/h3-6,11-12,15H,7-10,13-14H2,1-2H3,(H2,20,22);1H. The van der Waals surface area contributed by atoms with Crippen molar-refractivity contribution in [3.63, 3.8) is 0 Å². The van der Waals surface area contributed by atoms with Gasteiger partial charge in [0.25, 0.3) is 0 Å². The van der Waals surface area contributed by atoms with Gasteiger partial charge in [0, 0.05) is 37.8 Å². The van der Waals surface area contributed by atoms with Crippen LogP contribution in [0.5, 0.6) is 5.75 Å². The van der Waals surface area contributed by atoms with Crippen LogP contribution in [0.2, 0.25) is 0 Å². The summed E-state index contributed by atoms with van der Waals surface area (Å²) < 4.78 is 5.78. The fourth-order valence-electron chi connectivity index (χ4n) is 2.77. The molecule has 8 heteroatoms. The van der Waals surface area contributed by atoms with Gasteiger partial charge in [-0.3, -0.25) is 0 Å². The van der Waals surface area contributed by atoms with Crippen LogP contribution in [0.15, 0.2) is 40.8 Å². The van der Waals surface area contributed by atoms with Crippen molar-refractivity contribution in [3.05, 3.63) is 41.4 Å². The van der Waals surface area contributed by atoms with Crippen LogP contribution >= 0.6 is 35.3 Å². The van der Waals surface area contributed by atoms with Crippen LogP contribution in [0.3, 0.4) is 0 Å². The van der Waals surface area contributed by atoms with Gasteiger partial charge in [0.2, 0.25) is 0 Å². The molecular weight excluding hydrogens is 473 g/mol. The Morgan fingerprint density at radius 3 is 2.74 bits per heavy atom. The minimum atomic E-state index is 0. The van der Waals surface area contributed by atoms with Crippen LogP contribution in [0.1, 0.15) is 19.4 Å². The number of aliphatic imine (C=N–C) groups is 1. The molecule has 1 aromatic heterocycles. The summed E-state index contributed by atoms with van der Waals surface area (Å²) in [6.07, 6.45) is 1.85. The van der Waals surface area contributed by atoms with Gasteiger partial charge in [0.15, 0.2) is 11.1 Å². The second kappa shape index (κ2) is 10.7. The van der Waals surface area contributed by atoms with Gasteiger partial charge in [-0.05, 0) is 23.6 Å². The molecule has 6 nitrogen and oxygen atoms in total. The number of halogens is 1. The molecule has 0 radical (unpaired) electrons. The Kier molecular flexibility index (Phi) is 8.62. The van der Waals surface area contributed by atoms with Crippen LogP contribution in [-0.4, -0.2) is 48.6 Å². The summed E-state index contributed by atoms with van der Waals surface area (Å²) in [5.41, 5.74) is 7.32. The zero-order valence-electron chi connectivity index (χ0n) is 15.9. The van der Waals surface area contributed by atoms with Crippen LogP contribution in [-0.2, 0) is 6.54 Å². The number of hydrogen-bond donors (Lipinski definition) is 1. The smallest absolute Gasteiger partial charge is 0.191 e. The number of benzene rings is 1. The van der Waals surface area contributed by atoms with Gasteiger partial charge in [-0.15, -0.1) is 35.3 Å². The number of ether oxygens (including phenoxy) is 1. The largest absolute Gasteiger partial charge is 0.493 e. The predicted octanol–water partition coefficient (Wildman–Crippen LogP) is 3.43. The van der Waals surface area contributed by atoms with E-state index in [4.69, 9.17) is 10.5 Å². The molecule has 1 aromatic carbocycles. The lowest BCUT2D eigenvalue weighted by molar-refractivity contribution is 0.271. The molecule has 2 aromatic rings. The van der Waals surface area contributed by atoms with Gasteiger partial charge in [0.05, 0.1) is 13.2 Å². The number of rotatable bonds is 6. The maximum Gasteiger partial charge on any atom is 0.191 e. The van der Waals surface area contributed by atoms with Crippen molar-refractivity contribution in [2.24, 2.45) is 16.6 Å². The first-order chi connectivity index (χ1) is 12.6. The highest BCUT2D eigenvalue weighted by Gasteiger charge is 2.19. The minimum Gasteiger partial charge on any atom is -0.493 e. The summed E-state index contributed by atoms with van der Waals surface area (Å²) in [7, 11) is 0. The second-order valence-electron chi connectivity index (χ2n) is 6.82. The number of aromatic nitrogens is 1. The zero-order valence-corrected chi connectivity index (χ0v) is 19.0. The summed E-state index contributed by atoms with van der Waals surface area (Å²) in [4.78, 5) is 13.4. The first-order valence-electron chi connectivity index (χ1n) is 9.03. The molecule has 0 atom stereocenters. The Balaban J connectivity index is 0.00000261. The number of thiazole rings is 1. The van der Waals surface area contributed by atoms with Crippen molar-refractivity contribution >= 4 is 46.4 Å². The number of anilines is 1. The maximum absolute atomic E-state index is 6.21. The van der Waals surface area contributed by atoms with Crippen molar-refractivity contribution in [1.29, 1.82) is 0 Å². The van der Waals surface area contributed by atoms with E-state index >= 15 is 0 Å². The number of nitrogens with two attached hydrogens (primary N) is 1. The molecule has 1 fully saturated rings. The molecule has 2 N–H and O–H groups in total. The van der Waals surface area contributed by atoms with Crippen molar-refractivity contribution in [2.75, 3.05) is 37.7 Å². The van der Waals surface area contributed by atoms with Crippen molar-refractivity contribution in [1.82, 2.24) is 9.88 Å². The zero-order chi connectivity index (χ0) is 18.4. The van der Waals surface area contributed by atoms with E-state index in [1.807, 2.05) is 29.8 Å². The summed E-state index contributed by atoms with van der Waals surface area (Å²) in [6.45, 7) is 9.14. The highest BCUT2D eigenvalue weighted by atomic mass is 127. The highest BCUT2D eigenvalue weighted by Crippen LogP contribution is 2.19. The lowest BCUT2D eigenvalue weighted by Gasteiger charge is -2.35. The molecule has 0 aliphatic carbocycles. The molecule has 0 saturated carbocycles. The summed E-state index contributed by atoms with van der Waals surface area (Å²) >= 11 is 1.68. The van der Waals surface area contributed by atoms with E-state index in [1.165, 1.54) is 0 Å². The third-order valence-corrected chi connectivity index (χ3v) is 5.03. The second-order valence-corrected chi connectivity index (χ2v) is 7.69. The Morgan fingerprint density at radius 1 is 1.30 bits per heavy atom. The lowest BCUT2D eigenvalue weighted by Crippen LogP contribution is -2.51. The summed E-state index contributed by atoms with van der Waals surface area (Å²) in [5.74, 6) is 2.01. The Hall–Kier alpha value is -1.55. The summed E-state index contributed by atoms with van der Waals surface area (Å²) in [6, 6.07) is 8.08. The Morgan fingerprint density at radius 2 is 2.07 bits per heavy atom. The molecule has 0 unspecified atom stereocenters. The van der Waals surface area contributed by atoms with Gasteiger partial charge >= 0.3 is 0 Å². The number of guanidine groups is 1. The van der Waals surface area contributed by atoms with E-state index < -0.39 is 0 Å². The van der Waals surface area contributed by atoms with E-state index in [-0.39, 0.29) is 24.0 Å². The Bertz CT molecular complexity index is 715. The van der Waals surface area contributed by atoms with Crippen LogP contribution in [0.4, 0.5) is 5.13 Å². The van der Waals surface area contributed by atoms with Crippen molar-refractivity contribution < 1.29 is 4.74 Å². The average molecular weight is 501 g/mol. The van der Waals surface area contributed by atoms with E-state index in [2.05, 4.69) is 39.7 Å². The maximum atomic E-state index is 6.21. The van der Waals surface area contributed by atoms with Gasteiger partial charge < -0.3 is 20.3 Å². The number of nitrogens with zero attached hydrogens (tertiary/aromatic N) is 4. The molecule has 1 aliphatic rings. The molecule has 2 heterocycles. The van der Waals surface area contributed by atoms with E-state index in [1.54, 1.807) is 11.3 Å². The van der Waals surface area contributed by atoms with Crippen LogP contribution in [0.25, 0.3) is 0 Å². The van der Waals surface area contributed by atoms with Gasteiger partial charge in [-0.2, -0.15) is 0 Å². The first kappa shape index (κ1) is 21.7. The molecule has 0 bridgehead atoms. The average Bonchev–Trinajstić information content (AvgIpc) is 3.20. The summed E-state index contributed by atoms with van der Waals surface area (Å²) in [5, 5.41) is 3.09. The Labute approximate surface area is 182 Å². The molecule has 0 amide bonds. The third-order valence-electron chi connectivity index (χ3n) is 4.20. The fraction of sp³-hybridized carbons (Fsp3) is 0.474. The van der Waals surface area contributed by atoms with E-state index in [0.717, 1.165) is 49.2 Å². The number of piperazine rings is 1. The van der Waals surface area contributed by atoms with Gasteiger partial charge in [-0.25, -0.2) is 9.98 Å². The molecule has 27 heavy (non-hydrogen) atoms. The van der Waals surface area contributed by atoms with Crippen LogP contribution in [0, 0.1) is 5.92 Å². The van der Waals surface area contributed by atoms with Gasteiger partial charge in [-0.1, -0.05) is 26.0 Å². The van der Waals surface area contributed by atoms with E-state index in [0.29, 0.717) is 18.4 Å². The molecule has 1 saturated heterocycles. The predicted molar refractivity (Wildman–Crippen MR) is 123 cm³/mol. The minimum absolute atomic E-state index is 0. The normalized spacial score (nSPS) is 15.0. The molecule has 148 valence electrons. The molecule has 0 spiro atoms. The number of hydrogen-bond acceptors (Lipinski definition) is 5. The quantitative estimate of drug-likeness (QED) is 0.373. The monoisotopic (exact) mass is 501 g/mol. The lowest BCUT2D eigenvalue weighted by atomic mass is 10.2. The SMILES string of the molecule is CC(C)COc1cccc(CN=C(N)N2CCN(c3nccs3)CC2)c1.I. The molecular formula is C19H28IN5OS. The first-order valence-corrected chi connectivity index (χ1v) is 9.91. The van der Waals surface area contributed by atoms with Gasteiger partial charge in [0.1, 0.15) is 5.75 Å².